The van der Waals surface area contributed by atoms with Gasteiger partial charge >= 0.3 is 0 Å². The van der Waals surface area contributed by atoms with Gasteiger partial charge in [-0.3, -0.25) is 9.36 Å². The first-order valence-electron chi connectivity index (χ1n) is 11.6. The zero-order valence-corrected chi connectivity index (χ0v) is 19.7. The SMILES string of the molecule is COc1ccc(OC)c(/C=C/c2nc3ccc(C)cc3c(=O)n2CC2CCCC(CN)C2)c1. The lowest BCUT2D eigenvalue weighted by molar-refractivity contribution is 0.245. The molecule has 0 aliphatic heterocycles. The third-order valence-electron chi connectivity index (χ3n) is 6.65. The Morgan fingerprint density at radius 1 is 1.09 bits per heavy atom. The summed E-state index contributed by atoms with van der Waals surface area (Å²) in [5.74, 6) is 3.08. The molecule has 6 nitrogen and oxygen atoms in total. The lowest BCUT2D eigenvalue weighted by atomic mass is 9.81. The van der Waals surface area contributed by atoms with E-state index in [1.165, 1.54) is 6.42 Å². The van der Waals surface area contributed by atoms with Crippen molar-refractivity contribution in [1.82, 2.24) is 9.55 Å². The normalized spacial score (nSPS) is 18.7. The predicted octanol–water partition coefficient (Wildman–Crippen LogP) is 4.66. The lowest BCUT2D eigenvalue weighted by Crippen LogP contribution is -2.31. The van der Waals surface area contributed by atoms with E-state index in [1.54, 1.807) is 14.2 Å². The largest absolute Gasteiger partial charge is 0.497 e. The number of nitrogens with two attached hydrogens (primary N) is 1. The Kier molecular flexibility index (Phi) is 7.14. The molecule has 0 bridgehead atoms. The molecule has 6 heteroatoms. The second-order valence-corrected chi connectivity index (χ2v) is 8.98. The number of hydrogen-bond acceptors (Lipinski definition) is 5. The average molecular weight is 448 g/mol. The number of aromatic nitrogens is 2. The van der Waals surface area contributed by atoms with Crippen LogP contribution in [0, 0.1) is 18.8 Å². The van der Waals surface area contributed by atoms with E-state index in [9.17, 15) is 4.79 Å². The monoisotopic (exact) mass is 447 g/mol. The van der Waals surface area contributed by atoms with Crippen LogP contribution in [0.4, 0.5) is 0 Å². The van der Waals surface area contributed by atoms with Crippen LogP contribution in [0.5, 0.6) is 11.5 Å². The average Bonchev–Trinajstić information content (AvgIpc) is 2.85. The third kappa shape index (κ3) is 5.11. The Hall–Kier alpha value is -3.12. The fourth-order valence-corrected chi connectivity index (χ4v) is 4.83. The number of ether oxygens (including phenoxy) is 2. The summed E-state index contributed by atoms with van der Waals surface area (Å²) in [7, 11) is 3.28. The Balaban J connectivity index is 1.78. The van der Waals surface area contributed by atoms with E-state index >= 15 is 0 Å². The predicted molar refractivity (Wildman–Crippen MR) is 134 cm³/mol. The minimum absolute atomic E-state index is 0.0100. The minimum Gasteiger partial charge on any atom is -0.497 e. The minimum atomic E-state index is 0.0100. The van der Waals surface area contributed by atoms with Crippen LogP contribution >= 0.6 is 0 Å². The van der Waals surface area contributed by atoms with Crippen LogP contribution in [0.2, 0.25) is 0 Å². The van der Waals surface area contributed by atoms with Crippen molar-refractivity contribution in [2.45, 2.75) is 39.2 Å². The summed E-state index contributed by atoms with van der Waals surface area (Å²) in [5.41, 5.74) is 8.60. The van der Waals surface area contributed by atoms with Crippen LogP contribution < -0.4 is 20.8 Å². The number of nitrogens with zero attached hydrogens (tertiary/aromatic N) is 2. The van der Waals surface area contributed by atoms with Gasteiger partial charge in [0.1, 0.15) is 17.3 Å². The Morgan fingerprint density at radius 3 is 2.67 bits per heavy atom. The fraction of sp³-hybridized carbons (Fsp3) is 0.407. The smallest absolute Gasteiger partial charge is 0.261 e. The maximum atomic E-state index is 13.6. The van der Waals surface area contributed by atoms with Gasteiger partial charge in [-0.25, -0.2) is 4.98 Å². The first-order chi connectivity index (χ1) is 16.0. The lowest BCUT2D eigenvalue weighted by Gasteiger charge is -2.29. The van der Waals surface area contributed by atoms with E-state index < -0.39 is 0 Å². The molecule has 2 unspecified atom stereocenters. The molecule has 2 atom stereocenters. The van der Waals surface area contributed by atoms with Crippen molar-refractivity contribution in [1.29, 1.82) is 0 Å². The van der Waals surface area contributed by atoms with Gasteiger partial charge in [0.25, 0.3) is 5.56 Å². The fourth-order valence-electron chi connectivity index (χ4n) is 4.83. The molecule has 1 saturated carbocycles. The van der Waals surface area contributed by atoms with Gasteiger partial charge < -0.3 is 15.2 Å². The highest BCUT2D eigenvalue weighted by molar-refractivity contribution is 5.80. The van der Waals surface area contributed by atoms with Crippen LogP contribution in [0.1, 0.15) is 42.6 Å². The standard InChI is InChI=1S/C27H33N3O3/c1-18-7-10-24-23(13-18)27(31)30(17-20-6-4-5-19(14-20)16-28)26(29-24)12-8-21-15-22(32-2)9-11-25(21)33-3/h7-13,15,19-20H,4-6,14,16-17,28H2,1-3H3/b12-8+. The molecule has 1 fully saturated rings. The summed E-state index contributed by atoms with van der Waals surface area (Å²) in [4.78, 5) is 18.5. The summed E-state index contributed by atoms with van der Waals surface area (Å²) < 4.78 is 12.7. The van der Waals surface area contributed by atoms with Crippen LogP contribution in [0.3, 0.4) is 0 Å². The van der Waals surface area contributed by atoms with E-state index in [4.69, 9.17) is 20.2 Å². The van der Waals surface area contributed by atoms with Gasteiger partial charge in [-0.05, 0) is 87.1 Å². The van der Waals surface area contributed by atoms with E-state index in [2.05, 4.69) is 0 Å². The molecule has 0 radical (unpaired) electrons. The van der Waals surface area contributed by atoms with Gasteiger partial charge in [0.15, 0.2) is 0 Å². The Morgan fingerprint density at radius 2 is 1.91 bits per heavy atom. The maximum Gasteiger partial charge on any atom is 0.261 e. The van der Waals surface area contributed by atoms with Crippen molar-refractivity contribution in [3.8, 4) is 11.5 Å². The summed E-state index contributed by atoms with van der Waals surface area (Å²) in [6.07, 6.45) is 8.35. The van der Waals surface area contributed by atoms with Crippen molar-refractivity contribution < 1.29 is 9.47 Å². The Labute approximate surface area is 195 Å². The van der Waals surface area contributed by atoms with Gasteiger partial charge in [0, 0.05) is 12.1 Å². The molecule has 0 saturated heterocycles. The van der Waals surface area contributed by atoms with Gasteiger partial charge in [0.2, 0.25) is 0 Å². The second kappa shape index (κ2) is 10.2. The summed E-state index contributed by atoms with van der Waals surface area (Å²) in [6, 6.07) is 11.5. The summed E-state index contributed by atoms with van der Waals surface area (Å²) in [5, 5.41) is 0.664. The quantitative estimate of drug-likeness (QED) is 0.570. The molecule has 2 N–H and O–H groups in total. The van der Waals surface area contributed by atoms with Crippen molar-refractivity contribution in [3.63, 3.8) is 0 Å². The van der Waals surface area contributed by atoms with E-state index in [0.29, 0.717) is 41.7 Å². The van der Waals surface area contributed by atoms with Crippen LogP contribution in [-0.2, 0) is 6.54 Å². The highest BCUT2D eigenvalue weighted by Crippen LogP contribution is 2.30. The zero-order chi connectivity index (χ0) is 23.4. The first kappa shape index (κ1) is 23.1. The molecule has 1 aromatic heterocycles. The highest BCUT2D eigenvalue weighted by Gasteiger charge is 2.23. The molecule has 174 valence electrons. The number of methoxy groups -OCH3 is 2. The molecule has 4 rings (SSSR count). The summed E-state index contributed by atoms with van der Waals surface area (Å²) >= 11 is 0. The van der Waals surface area contributed by atoms with Crippen LogP contribution in [0.25, 0.3) is 23.1 Å². The van der Waals surface area contributed by atoms with Crippen LogP contribution in [-0.4, -0.2) is 30.3 Å². The van der Waals surface area contributed by atoms with Crippen LogP contribution in [0.15, 0.2) is 41.2 Å². The molecule has 1 aliphatic rings. The van der Waals surface area contributed by atoms with Gasteiger partial charge in [-0.15, -0.1) is 0 Å². The van der Waals surface area contributed by atoms with E-state index in [-0.39, 0.29) is 5.56 Å². The van der Waals surface area contributed by atoms with Gasteiger partial charge in [0.05, 0.1) is 25.1 Å². The molecule has 1 aliphatic carbocycles. The second-order valence-electron chi connectivity index (χ2n) is 8.98. The number of hydrogen-bond donors (Lipinski definition) is 1. The third-order valence-corrected chi connectivity index (χ3v) is 6.65. The molecule has 0 spiro atoms. The molecule has 2 aromatic carbocycles. The summed E-state index contributed by atoms with van der Waals surface area (Å²) in [6.45, 7) is 3.36. The van der Waals surface area contributed by atoms with Gasteiger partial charge in [-0.1, -0.05) is 18.1 Å². The molecular formula is C27H33N3O3. The van der Waals surface area contributed by atoms with Crippen molar-refractivity contribution >= 4 is 23.1 Å². The number of rotatable bonds is 7. The highest BCUT2D eigenvalue weighted by atomic mass is 16.5. The number of benzene rings is 2. The zero-order valence-electron chi connectivity index (χ0n) is 19.7. The molecule has 0 amide bonds. The van der Waals surface area contributed by atoms with Gasteiger partial charge in [-0.2, -0.15) is 0 Å². The number of fused-ring (bicyclic) bond motifs is 1. The first-order valence-corrected chi connectivity index (χ1v) is 11.6. The maximum absolute atomic E-state index is 13.6. The van der Waals surface area contributed by atoms with Crippen molar-refractivity contribution in [2.24, 2.45) is 17.6 Å². The number of aryl methyl sites for hydroxylation is 1. The van der Waals surface area contributed by atoms with E-state index in [0.717, 1.165) is 41.9 Å². The Bertz CT molecular complexity index is 1220. The molecular weight excluding hydrogens is 414 g/mol. The molecule has 1 heterocycles. The topological polar surface area (TPSA) is 79.4 Å². The molecule has 33 heavy (non-hydrogen) atoms. The van der Waals surface area contributed by atoms with Crippen molar-refractivity contribution in [2.75, 3.05) is 20.8 Å². The van der Waals surface area contributed by atoms with E-state index in [1.807, 2.05) is 60.0 Å². The van der Waals surface area contributed by atoms with Crippen molar-refractivity contribution in [3.05, 3.63) is 63.7 Å². The molecule has 3 aromatic rings.